The van der Waals surface area contributed by atoms with Gasteiger partial charge in [0.15, 0.2) is 0 Å². The highest BCUT2D eigenvalue weighted by Gasteiger charge is 2.25. The lowest BCUT2D eigenvalue weighted by Crippen LogP contribution is -2.37. The zero-order valence-electron chi connectivity index (χ0n) is 21.5. The van der Waals surface area contributed by atoms with Crippen LogP contribution in [0.3, 0.4) is 0 Å². The molecule has 0 spiro atoms. The molecule has 3 aromatic rings. The molecule has 37 heavy (non-hydrogen) atoms. The Hall–Kier alpha value is -3.30. The SMILES string of the molecule is Cc1onc(C2CCCCC2)c1-c1ccnc(Nc2cccc(NC(=O)CCCN3CCOCC3)c2)n1. The van der Waals surface area contributed by atoms with Crippen LogP contribution in [0, 0.1) is 6.92 Å². The summed E-state index contributed by atoms with van der Waals surface area (Å²) in [5, 5.41) is 10.7. The van der Waals surface area contributed by atoms with Crippen molar-refractivity contribution in [1.29, 1.82) is 0 Å². The summed E-state index contributed by atoms with van der Waals surface area (Å²) in [6.07, 6.45) is 9.10. The number of hydrogen-bond acceptors (Lipinski definition) is 8. The Morgan fingerprint density at radius 1 is 1.11 bits per heavy atom. The fourth-order valence-corrected chi connectivity index (χ4v) is 5.23. The van der Waals surface area contributed by atoms with Crippen molar-refractivity contribution < 1.29 is 14.1 Å². The molecule has 1 saturated heterocycles. The molecular formula is C28H36N6O3. The van der Waals surface area contributed by atoms with Crippen LogP contribution in [-0.2, 0) is 9.53 Å². The van der Waals surface area contributed by atoms with Crippen LogP contribution in [0.4, 0.5) is 17.3 Å². The second-order valence-corrected chi connectivity index (χ2v) is 9.91. The number of hydrogen-bond donors (Lipinski definition) is 2. The molecule has 1 aliphatic carbocycles. The van der Waals surface area contributed by atoms with Crippen LogP contribution < -0.4 is 10.6 Å². The Morgan fingerprint density at radius 2 is 1.92 bits per heavy atom. The molecule has 0 unspecified atom stereocenters. The summed E-state index contributed by atoms with van der Waals surface area (Å²) in [5.41, 5.74) is 4.35. The molecule has 196 valence electrons. The number of rotatable bonds is 9. The molecule has 2 N–H and O–H groups in total. The van der Waals surface area contributed by atoms with Crippen LogP contribution in [-0.4, -0.2) is 58.8 Å². The number of nitrogens with one attached hydrogen (secondary N) is 2. The molecule has 0 bridgehead atoms. The van der Waals surface area contributed by atoms with Gasteiger partial charge >= 0.3 is 0 Å². The Bertz CT molecular complexity index is 1180. The van der Waals surface area contributed by atoms with Crippen molar-refractivity contribution in [1.82, 2.24) is 20.0 Å². The minimum atomic E-state index is 0.0156. The van der Waals surface area contributed by atoms with Crippen LogP contribution >= 0.6 is 0 Å². The zero-order valence-corrected chi connectivity index (χ0v) is 21.5. The highest BCUT2D eigenvalue weighted by molar-refractivity contribution is 5.91. The molecule has 0 atom stereocenters. The third-order valence-electron chi connectivity index (χ3n) is 7.18. The highest BCUT2D eigenvalue weighted by atomic mass is 16.5. The maximum absolute atomic E-state index is 12.5. The second-order valence-electron chi connectivity index (χ2n) is 9.91. The van der Waals surface area contributed by atoms with E-state index in [9.17, 15) is 4.79 Å². The number of amides is 1. The van der Waals surface area contributed by atoms with Gasteiger partial charge in [0, 0.05) is 43.0 Å². The van der Waals surface area contributed by atoms with Crippen LogP contribution in [0.1, 0.15) is 62.3 Å². The minimum Gasteiger partial charge on any atom is -0.379 e. The van der Waals surface area contributed by atoms with E-state index in [2.05, 4.69) is 25.7 Å². The van der Waals surface area contributed by atoms with Gasteiger partial charge in [0.2, 0.25) is 11.9 Å². The van der Waals surface area contributed by atoms with E-state index in [-0.39, 0.29) is 5.91 Å². The molecule has 1 saturated carbocycles. The van der Waals surface area contributed by atoms with Crippen molar-refractivity contribution in [3.05, 3.63) is 48.0 Å². The van der Waals surface area contributed by atoms with Crippen molar-refractivity contribution >= 4 is 23.2 Å². The Morgan fingerprint density at radius 3 is 2.76 bits per heavy atom. The van der Waals surface area contributed by atoms with Crippen LogP contribution in [0.5, 0.6) is 0 Å². The van der Waals surface area contributed by atoms with E-state index >= 15 is 0 Å². The number of anilines is 3. The lowest BCUT2D eigenvalue weighted by Gasteiger charge is -2.26. The van der Waals surface area contributed by atoms with Gasteiger partial charge in [0.25, 0.3) is 0 Å². The topological polar surface area (TPSA) is 105 Å². The van der Waals surface area contributed by atoms with Crippen molar-refractivity contribution in [2.24, 2.45) is 0 Å². The van der Waals surface area contributed by atoms with E-state index in [4.69, 9.17) is 14.2 Å². The number of carbonyl (C=O) groups excluding carboxylic acids is 1. The predicted octanol–water partition coefficient (Wildman–Crippen LogP) is 5.28. The molecule has 2 aromatic heterocycles. The van der Waals surface area contributed by atoms with E-state index in [0.29, 0.717) is 18.3 Å². The smallest absolute Gasteiger partial charge is 0.227 e. The molecule has 0 radical (unpaired) electrons. The summed E-state index contributed by atoms with van der Waals surface area (Å²) >= 11 is 0. The first-order valence-electron chi connectivity index (χ1n) is 13.4. The van der Waals surface area contributed by atoms with Gasteiger partial charge in [0.1, 0.15) is 5.76 Å². The van der Waals surface area contributed by atoms with Crippen molar-refractivity contribution in [2.75, 3.05) is 43.5 Å². The third kappa shape index (κ3) is 6.72. The molecule has 5 rings (SSSR count). The van der Waals surface area contributed by atoms with E-state index in [0.717, 1.165) is 86.2 Å². The number of morpholine rings is 1. The van der Waals surface area contributed by atoms with E-state index in [1.54, 1.807) is 6.20 Å². The first-order chi connectivity index (χ1) is 18.2. The van der Waals surface area contributed by atoms with Crippen molar-refractivity contribution in [3.8, 4) is 11.3 Å². The van der Waals surface area contributed by atoms with Gasteiger partial charge in [-0.1, -0.05) is 30.5 Å². The zero-order chi connectivity index (χ0) is 25.5. The Labute approximate surface area is 218 Å². The summed E-state index contributed by atoms with van der Waals surface area (Å²) in [4.78, 5) is 24.0. The molecule has 1 aliphatic heterocycles. The minimum absolute atomic E-state index is 0.0156. The maximum Gasteiger partial charge on any atom is 0.227 e. The largest absolute Gasteiger partial charge is 0.379 e. The summed E-state index contributed by atoms with van der Waals surface area (Å²) in [7, 11) is 0. The number of aryl methyl sites for hydroxylation is 1. The molecular weight excluding hydrogens is 468 g/mol. The van der Waals surface area contributed by atoms with Crippen LogP contribution in [0.25, 0.3) is 11.3 Å². The number of benzene rings is 1. The van der Waals surface area contributed by atoms with Gasteiger partial charge in [-0.15, -0.1) is 0 Å². The molecule has 2 fully saturated rings. The summed E-state index contributed by atoms with van der Waals surface area (Å²) in [6.45, 7) is 6.29. The maximum atomic E-state index is 12.5. The Balaban J connectivity index is 1.21. The lowest BCUT2D eigenvalue weighted by atomic mass is 9.85. The first kappa shape index (κ1) is 25.4. The number of nitrogens with zero attached hydrogens (tertiary/aromatic N) is 4. The monoisotopic (exact) mass is 504 g/mol. The van der Waals surface area contributed by atoms with Crippen LogP contribution in [0.15, 0.2) is 41.1 Å². The lowest BCUT2D eigenvalue weighted by molar-refractivity contribution is -0.116. The summed E-state index contributed by atoms with van der Waals surface area (Å²) in [6, 6.07) is 9.53. The van der Waals surface area contributed by atoms with E-state index in [1.165, 1.54) is 19.3 Å². The fourth-order valence-electron chi connectivity index (χ4n) is 5.23. The molecule has 3 heterocycles. The number of carbonyl (C=O) groups is 1. The van der Waals surface area contributed by atoms with Gasteiger partial charge in [-0.3, -0.25) is 9.69 Å². The van der Waals surface area contributed by atoms with Gasteiger partial charge in [-0.25, -0.2) is 9.97 Å². The van der Waals surface area contributed by atoms with Crippen LogP contribution in [0.2, 0.25) is 0 Å². The Kier molecular flexibility index (Phi) is 8.42. The number of ether oxygens (including phenoxy) is 1. The third-order valence-corrected chi connectivity index (χ3v) is 7.18. The predicted molar refractivity (Wildman–Crippen MR) is 143 cm³/mol. The van der Waals surface area contributed by atoms with Crippen molar-refractivity contribution in [2.45, 2.75) is 57.8 Å². The molecule has 1 amide bonds. The average molecular weight is 505 g/mol. The molecule has 9 heteroatoms. The van der Waals surface area contributed by atoms with Gasteiger partial charge < -0.3 is 19.9 Å². The molecule has 2 aliphatic rings. The van der Waals surface area contributed by atoms with E-state index < -0.39 is 0 Å². The quantitative estimate of drug-likeness (QED) is 0.405. The summed E-state index contributed by atoms with van der Waals surface area (Å²) < 4.78 is 11.0. The molecule has 1 aromatic carbocycles. The average Bonchev–Trinajstić information content (AvgIpc) is 3.31. The normalized spacial score (nSPS) is 17.0. The van der Waals surface area contributed by atoms with Gasteiger partial charge in [-0.05, 0) is 57.0 Å². The van der Waals surface area contributed by atoms with Gasteiger partial charge in [-0.2, -0.15) is 0 Å². The first-order valence-corrected chi connectivity index (χ1v) is 13.4. The van der Waals surface area contributed by atoms with E-state index in [1.807, 2.05) is 37.3 Å². The highest BCUT2D eigenvalue weighted by Crippen LogP contribution is 2.38. The van der Waals surface area contributed by atoms with Gasteiger partial charge in [0.05, 0.1) is 30.2 Å². The summed E-state index contributed by atoms with van der Waals surface area (Å²) in [5.74, 6) is 1.70. The molecule has 9 nitrogen and oxygen atoms in total. The van der Waals surface area contributed by atoms with Crippen molar-refractivity contribution in [3.63, 3.8) is 0 Å². The second kappa shape index (κ2) is 12.3. The standard InChI is InChI=1S/C28H36N6O3/c1-20-26(27(33-37-20)21-7-3-2-4-8-21)24-12-13-29-28(32-24)31-23-10-5-9-22(19-23)30-25(35)11-6-14-34-15-17-36-18-16-34/h5,9-10,12-13,19,21H,2-4,6-8,11,14-18H2,1H3,(H,30,35)(H,29,31,32). The number of aromatic nitrogens is 3. The fraction of sp³-hybridized carbons (Fsp3) is 0.500.